The van der Waals surface area contributed by atoms with Crippen molar-refractivity contribution in [3.05, 3.63) is 32.8 Å². The minimum absolute atomic E-state index is 0.0713. The quantitative estimate of drug-likeness (QED) is 0.485. The molecule has 7 heteroatoms. The highest BCUT2D eigenvalue weighted by Gasteiger charge is 2.30. The molecule has 0 unspecified atom stereocenters. The largest absolute Gasteiger partial charge is 0.471 e. The second-order valence-electron chi connectivity index (χ2n) is 3.43. The van der Waals surface area contributed by atoms with E-state index in [1.54, 1.807) is 6.07 Å². The maximum absolute atomic E-state index is 11.2. The van der Waals surface area contributed by atoms with Crippen molar-refractivity contribution >= 4 is 27.6 Å². The van der Waals surface area contributed by atoms with Gasteiger partial charge in [-0.2, -0.15) is 0 Å². The summed E-state index contributed by atoms with van der Waals surface area (Å²) in [6.45, 7) is 0.286. The van der Waals surface area contributed by atoms with Crippen LogP contribution in [0.25, 0.3) is 0 Å². The van der Waals surface area contributed by atoms with Gasteiger partial charge in [-0.3, -0.25) is 10.1 Å². The number of hydrogen-bond donors (Lipinski definition) is 0. The molecule has 1 aromatic carbocycles. The minimum atomic E-state index is -0.755. The number of nitrogens with zero attached hydrogens (tertiary/aromatic N) is 1. The third kappa shape index (κ3) is 2.55. The maximum Gasteiger partial charge on any atom is 0.347 e. The molecule has 0 aliphatic carbocycles. The molecular formula is C10H8BrNO5. The number of carbonyl (C=O) groups is 1. The predicted octanol–water partition coefficient (Wildman–Crippen LogP) is 2.05. The summed E-state index contributed by atoms with van der Waals surface area (Å²) in [5, 5.41) is 10.8. The van der Waals surface area contributed by atoms with Crippen molar-refractivity contribution in [2.45, 2.75) is 12.5 Å². The lowest BCUT2D eigenvalue weighted by atomic mass is 10.2. The zero-order valence-electron chi connectivity index (χ0n) is 8.59. The van der Waals surface area contributed by atoms with E-state index in [4.69, 9.17) is 9.47 Å². The summed E-state index contributed by atoms with van der Waals surface area (Å²) in [6.07, 6.45) is -0.346. The van der Waals surface area contributed by atoms with Crippen LogP contribution in [0.3, 0.4) is 0 Å². The molecule has 1 saturated heterocycles. The van der Waals surface area contributed by atoms with E-state index in [2.05, 4.69) is 15.9 Å². The van der Waals surface area contributed by atoms with Gasteiger partial charge in [0.2, 0.25) is 0 Å². The molecule has 6 nitrogen and oxygen atoms in total. The fourth-order valence-electron chi connectivity index (χ4n) is 1.47. The first kappa shape index (κ1) is 11.8. The average Bonchev–Trinajstić information content (AvgIpc) is 2.67. The topological polar surface area (TPSA) is 78.7 Å². The summed E-state index contributed by atoms with van der Waals surface area (Å²) < 4.78 is 10.6. The second-order valence-corrected chi connectivity index (χ2v) is 4.35. The van der Waals surface area contributed by atoms with Crippen molar-refractivity contribution in [2.24, 2.45) is 0 Å². The molecule has 0 radical (unpaired) electrons. The SMILES string of the molecule is O=C1OCC[C@H]1Oc1ccc(Br)cc1[N+](=O)[O-]. The second kappa shape index (κ2) is 4.70. The van der Waals surface area contributed by atoms with E-state index in [-0.39, 0.29) is 18.0 Å². The molecule has 0 N–H and O–H groups in total. The molecule has 1 atom stereocenters. The molecule has 90 valence electrons. The van der Waals surface area contributed by atoms with E-state index in [9.17, 15) is 14.9 Å². The van der Waals surface area contributed by atoms with E-state index in [0.29, 0.717) is 10.9 Å². The van der Waals surface area contributed by atoms with Gasteiger partial charge in [-0.15, -0.1) is 0 Å². The normalized spacial score (nSPS) is 18.9. The molecule has 0 spiro atoms. The summed E-state index contributed by atoms with van der Waals surface area (Å²) >= 11 is 3.14. The number of ether oxygens (including phenoxy) is 2. The number of hydrogen-bond acceptors (Lipinski definition) is 5. The number of cyclic esters (lactones) is 1. The van der Waals surface area contributed by atoms with Gasteiger partial charge in [0.1, 0.15) is 0 Å². The third-order valence-corrected chi connectivity index (χ3v) is 2.77. The molecule has 1 aliphatic rings. The Morgan fingerprint density at radius 3 is 2.88 bits per heavy atom. The van der Waals surface area contributed by atoms with Gasteiger partial charge in [-0.1, -0.05) is 15.9 Å². The first-order valence-corrected chi connectivity index (χ1v) is 5.64. The van der Waals surface area contributed by atoms with Crippen molar-refractivity contribution in [3.8, 4) is 5.75 Å². The highest BCUT2D eigenvalue weighted by Crippen LogP contribution is 2.31. The fourth-order valence-corrected chi connectivity index (χ4v) is 1.82. The number of halogens is 1. The summed E-state index contributed by atoms with van der Waals surface area (Å²) in [5.41, 5.74) is -0.181. The van der Waals surface area contributed by atoms with Crippen molar-refractivity contribution in [1.29, 1.82) is 0 Å². The van der Waals surface area contributed by atoms with Gasteiger partial charge in [-0.05, 0) is 12.1 Å². The van der Waals surface area contributed by atoms with Gasteiger partial charge in [-0.25, -0.2) is 4.79 Å². The van der Waals surface area contributed by atoms with Gasteiger partial charge in [0.05, 0.1) is 11.5 Å². The van der Waals surface area contributed by atoms with Crippen LogP contribution >= 0.6 is 15.9 Å². The molecule has 0 saturated carbocycles. The van der Waals surface area contributed by atoms with Gasteiger partial charge in [0, 0.05) is 17.0 Å². The van der Waals surface area contributed by atoms with Crippen LogP contribution in [0.5, 0.6) is 5.75 Å². The number of carbonyl (C=O) groups excluding carboxylic acids is 1. The van der Waals surface area contributed by atoms with Gasteiger partial charge < -0.3 is 9.47 Å². The highest BCUT2D eigenvalue weighted by molar-refractivity contribution is 9.10. The zero-order valence-corrected chi connectivity index (χ0v) is 10.2. The molecule has 17 heavy (non-hydrogen) atoms. The summed E-state index contributed by atoms with van der Waals surface area (Å²) in [5.74, 6) is -0.413. The van der Waals surface area contributed by atoms with E-state index in [1.165, 1.54) is 12.1 Å². The van der Waals surface area contributed by atoms with E-state index in [0.717, 1.165) is 0 Å². The molecule has 1 fully saturated rings. The van der Waals surface area contributed by atoms with E-state index in [1.807, 2.05) is 0 Å². The first-order valence-electron chi connectivity index (χ1n) is 4.85. The third-order valence-electron chi connectivity index (χ3n) is 2.27. The van der Waals surface area contributed by atoms with Crippen molar-refractivity contribution in [3.63, 3.8) is 0 Å². The Morgan fingerprint density at radius 1 is 1.53 bits per heavy atom. The van der Waals surface area contributed by atoms with Crippen LogP contribution in [0.2, 0.25) is 0 Å². The Hall–Kier alpha value is -1.63. The average molecular weight is 302 g/mol. The van der Waals surface area contributed by atoms with Crippen molar-refractivity contribution < 1.29 is 19.2 Å². The lowest BCUT2D eigenvalue weighted by Crippen LogP contribution is -2.22. The molecule has 1 aromatic rings. The van der Waals surface area contributed by atoms with Crippen molar-refractivity contribution in [1.82, 2.24) is 0 Å². The molecule has 2 rings (SSSR count). The summed E-state index contributed by atoms with van der Waals surface area (Å²) in [6, 6.07) is 4.39. The Kier molecular flexibility index (Phi) is 3.28. The molecule has 1 heterocycles. The van der Waals surface area contributed by atoms with Crippen LogP contribution in [0.4, 0.5) is 5.69 Å². The molecule has 0 aromatic heterocycles. The number of esters is 1. The standard InChI is InChI=1S/C10H8BrNO5/c11-6-1-2-8(7(5-6)12(14)15)17-9-3-4-16-10(9)13/h1-2,5,9H,3-4H2/t9-/m1/s1. The maximum atomic E-state index is 11.2. The van der Waals surface area contributed by atoms with Gasteiger partial charge in [0.25, 0.3) is 0 Å². The van der Waals surface area contributed by atoms with Crippen LogP contribution < -0.4 is 4.74 Å². The van der Waals surface area contributed by atoms with E-state index < -0.39 is 17.0 Å². The smallest absolute Gasteiger partial charge is 0.347 e. The van der Waals surface area contributed by atoms with Crippen LogP contribution in [0.1, 0.15) is 6.42 Å². The molecule has 0 amide bonds. The monoisotopic (exact) mass is 301 g/mol. The lowest BCUT2D eigenvalue weighted by Gasteiger charge is -2.10. The molecule has 1 aliphatic heterocycles. The summed E-state index contributed by atoms with van der Waals surface area (Å²) in [4.78, 5) is 21.5. The zero-order chi connectivity index (χ0) is 12.4. The molecular weight excluding hydrogens is 294 g/mol. The minimum Gasteiger partial charge on any atom is -0.471 e. The summed E-state index contributed by atoms with van der Waals surface area (Å²) in [7, 11) is 0. The number of nitro groups is 1. The Labute approximate surface area is 105 Å². The number of benzene rings is 1. The van der Waals surface area contributed by atoms with Crippen LogP contribution in [0.15, 0.2) is 22.7 Å². The highest BCUT2D eigenvalue weighted by atomic mass is 79.9. The van der Waals surface area contributed by atoms with Crippen LogP contribution in [-0.4, -0.2) is 23.6 Å². The van der Waals surface area contributed by atoms with E-state index >= 15 is 0 Å². The lowest BCUT2D eigenvalue weighted by molar-refractivity contribution is -0.386. The number of nitro benzene ring substituents is 1. The predicted molar refractivity (Wildman–Crippen MR) is 60.8 cm³/mol. The van der Waals surface area contributed by atoms with Crippen molar-refractivity contribution in [2.75, 3.05) is 6.61 Å². The molecule has 0 bridgehead atoms. The number of rotatable bonds is 3. The Balaban J connectivity index is 2.25. The van der Waals surface area contributed by atoms with Crippen LogP contribution in [-0.2, 0) is 9.53 Å². The Bertz CT molecular complexity index is 476. The van der Waals surface area contributed by atoms with Gasteiger partial charge in [0.15, 0.2) is 11.9 Å². The Morgan fingerprint density at radius 2 is 2.29 bits per heavy atom. The fraction of sp³-hybridized carbons (Fsp3) is 0.300. The first-order chi connectivity index (χ1) is 8.08. The van der Waals surface area contributed by atoms with Gasteiger partial charge >= 0.3 is 11.7 Å². The van der Waals surface area contributed by atoms with Crippen LogP contribution in [0, 0.1) is 10.1 Å².